The van der Waals surface area contributed by atoms with Crippen molar-refractivity contribution in [2.45, 2.75) is 6.92 Å². The second kappa shape index (κ2) is 5.59. The fourth-order valence-electron chi connectivity index (χ4n) is 0.937. The molecule has 0 bridgehead atoms. The molecule has 0 fully saturated rings. The van der Waals surface area contributed by atoms with E-state index in [0.717, 1.165) is 4.60 Å². The molecule has 4 nitrogen and oxygen atoms in total. The molecule has 1 amide bonds. The Balaban J connectivity index is 2.41. The number of anilines is 1. The van der Waals surface area contributed by atoms with Crippen LogP contribution in [0.1, 0.15) is 6.92 Å². The molecule has 1 rings (SSSR count). The molecule has 0 aliphatic heterocycles. The molecule has 0 spiro atoms. The number of rotatable bonds is 4. The number of aromatic nitrogens is 1. The van der Waals surface area contributed by atoms with Crippen molar-refractivity contribution in [2.75, 3.05) is 18.4 Å². The van der Waals surface area contributed by atoms with Gasteiger partial charge in [-0.05, 0) is 35.0 Å². The van der Waals surface area contributed by atoms with E-state index in [1.54, 1.807) is 0 Å². The highest BCUT2D eigenvalue weighted by molar-refractivity contribution is 9.10. The number of likely N-dealkylation sites (N-methyl/N-ethyl adjacent to an activating group) is 1. The molecule has 0 saturated heterocycles. The van der Waals surface area contributed by atoms with Crippen LogP contribution in [-0.4, -0.2) is 24.0 Å². The number of hydrogen-bond acceptors (Lipinski definition) is 3. The summed E-state index contributed by atoms with van der Waals surface area (Å²) in [6.07, 6.45) is 0. The molecule has 14 heavy (non-hydrogen) atoms. The molecule has 1 aromatic rings. The van der Waals surface area contributed by atoms with Crippen molar-refractivity contribution >= 4 is 27.7 Å². The Morgan fingerprint density at radius 2 is 2.36 bits per heavy atom. The summed E-state index contributed by atoms with van der Waals surface area (Å²) in [4.78, 5) is 15.2. The van der Waals surface area contributed by atoms with Gasteiger partial charge in [0, 0.05) is 6.54 Å². The van der Waals surface area contributed by atoms with Crippen molar-refractivity contribution in [3.63, 3.8) is 0 Å². The van der Waals surface area contributed by atoms with E-state index in [9.17, 15) is 4.79 Å². The summed E-state index contributed by atoms with van der Waals surface area (Å²) in [6.45, 7) is 2.78. The van der Waals surface area contributed by atoms with Crippen LogP contribution in [-0.2, 0) is 4.79 Å². The van der Waals surface area contributed by atoms with Crippen molar-refractivity contribution in [3.05, 3.63) is 22.8 Å². The minimum Gasteiger partial charge on any atom is -0.361 e. The molecule has 0 aliphatic rings. The summed E-state index contributed by atoms with van der Waals surface area (Å²) < 4.78 is 0.749. The Labute approximate surface area is 91.2 Å². The van der Waals surface area contributed by atoms with Crippen molar-refractivity contribution < 1.29 is 4.79 Å². The molecule has 2 N–H and O–H groups in total. The van der Waals surface area contributed by atoms with Gasteiger partial charge in [0.2, 0.25) is 5.91 Å². The van der Waals surface area contributed by atoms with Crippen LogP contribution >= 0.6 is 15.9 Å². The SMILES string of the molecule is CCNC(=O)CNc1cccc(Br)n1. The van der Waals surface area contributed by atoms with Crippen molar-refractivity contribution in [2.24, 2.45) is 0 Å². The van der Waals surface area contributed by atoms with E-state index >= 15 is 0 Å². The van der Waals surface area contributed by atoms with E-state index in [2.05, 4.69) is 31.5 Å². The summed E-state index contributed by atoms with van der Waals surface area (Å²) in [5.41, 5.74) is 0. The maximum Gasteiger partial charge on any atom is 0.239 e. The highest BCUT2D eigenvalue weighted by Gasteiger charge is 1.99. The van der Waals surface area contributed by atoms with Crippen LogP contribution in [0.25, 0.3) is 0 Å². The third-order valence-electron chi connectivity index (χ3n) is 1.52. The van der Waals surface area contributed by atoms with E-state index in [1.165, 1.54) is 0 Å². The minimum atomic E-state index is -0.0331. The van der Waals surface area contributed by atoms with E-state index in [0.29, 0.717) is 12.4 Å². The third kappa shape index (κ3) is 3.74. The largest absolute Gasteiger partial charge is 0.361 e. The summed E-state index contributed by atoms with van der Waals surface area (Å²) in [5.74, 6) is 0.653. The van der Waals surface area contributed by atoms with Crippen molar-refractivity contribution in [1.82, 2.24) is 10.3 Å². The molecule has 0 aromatic carbocycles. The topological polar surface area (TPSA) is 54.0 Å². The van der Waals surface area contributed by atoms with Gasteiger partial charge < -0.3 is 10.6 Å². The summed E-state index contributed by atoms with van der Waals surface area (Å²) in [6, 6.07) is 5.50. The predicted octanol–water partition coefficient (Wildman–Crippen LogP) is 1.39. The molecule has 0 atom stereocenters. The highest BCUT2D eigenvalue weighted by atomic mass is 79.9. The summed E-state index contributed by atoms with van der Waals surface area (Å²) in [7, 11) is 0. The molecule has 76 valence electrons. The number of carbonyl (C=O) groups excluding carboxylic acids is 1. The number of carbonyl (C=O) groups is 1. The fraction of sp³-hybridized carbons (Fsp3) is 0.333. The van der Waals surface area contributed by atoms with Crippen LogP contribution in [0.15, 0.2) is 22.8 Å². The average Bonchev–Trinajstić information content (AvgIpc) is 2.15. The summed E-state index contributed by atoms with van der Waals surface area (Å²) in [5, 5.41) is 5.61. The van der Waals surface area contributed by atoms with Crippen LogP contribution in [0.3, 0.4) is 0 Å². The minimum absolute atomic E-state index is 0.0331. The van der Waals surface area contributed by atoms with Gasteiger partial charge in [-0.3, -0.25) is 4.79 Å². The Hall–Kier alpha value is -1.10. The van der Waals surface area contributed by atoms with Gasteiger partial charge in [-0.2, -0.15) is 0 Å². The molecule has 0 radical (unpaired) electrons. The maximum absolute atomic E-state index is 11.1. The number of amides is 1. The zero-order valence-electron chi connectivity index (χ0n) is 7.88. The lowest BCUT2D eigenvalue weighted by Gasteiger charge is -2.05. The predicted molar refractivity (Wildman–Crippen MR) is 59.1 cm³/mol. The first kappa shape index (κ1) is 11.0. The molecular weight excluding hydrogens is 246 g/mol. The monoisotopic (exact) mass is 257 g/mol. The van der Waals surface area contributed by atoms with Gasteiger partial charge in [0.05, 0.1) is 6.54 Å². The second-order valence-corrected chi connectivity index (χ2v) is 3.47. The van der Waals surface area contributed by atoms with Gasteiger partial charge >= 0.3 is 0 Å². The van der Waals surface area contributed by atoms with Crippen LogP contribution < -0.4 is 10.6 Å². The van der Waals surface area contributed by atoms with Crippen molar-refractivity contribution in [3.8, 4) is 0 Å². The molecule has 1 heterocycles. The number of halogens is 1. The van der Waals surface area contributed by atoms with Gasteiger partial charge in [0.25, 0.3) is 0 Å². The molecule has 0 saturated carbocycles. The van der Waals surface area contributed by atoms with Gasteiger partial charge in [-0.1, -0.05) is 6.07 Å². The molecule has 0 unspecified atom stereocenters. The maximum atomic E-state index is 11.1. The Kier molecular flexibility index (Phi) is 4.39. The van der Waals surface area contributed by atoms with Crippen molar-refractivity contribution in [1.29, 1.82) is 0 Å². The first-order valence-electron chi connectivity index (χ1n) is 4.35. The zero-order chi connectivity index (χ0) is 10.4. The number of nitrogens with zero attached hydrogens (tertiary/aromatic N) is 1. The van der Waals surface area contributed by atoms with Crippen LogP contribution in [0.2, 0.25) is 0 Å². The molecular formula is C9H12BrN3O. The van der Waals surface area contributed by atoms with E-state index in [1.807, 2.05) is 25.1 Å². The molecule has 0 aliphatic carbocycles. The normalized spacial score (nSPS) is 9.57. The fourth-order valence-corrected chi connectivity index (χ4v) is 1.28. The van der Waals surface area contributed by atoms with Crippen LogP contribution in [0, 0.1) is 0 Å². The van der Waals surface area contributed by atoms with E-state index < -0.39 is 0 Å². The van der Waals surface area contributed by atoms with Crippen LogP contribution in [0.5, 0.6) is 0 Å². The molecule has 5 heteroatoms. The first-order chi connectivity index (χ1) is 6.72. The second-order valence-electron chi connectivity index (χ2n) is 2.65. The smallest absolute Gasteiger partial charge is 0.239 e. The number of pyridine rings is 1. The Bertz CT molecular complexity index is 317. The van der Waals surface area contributed by atoms with Gasteiger partial charge in [0.1, 0.15) is 10.4 Å². The zero-order valence-corrected chi connectivity index (χ0v) is 9.47. The summed E-state index contributed by atoms with van der Waals surface area (Å²) >= 11 is 3.25. The number of nitrogens with one attached hydrogen (secondary N) is 2. The van der Waals surface area contributed by atoms with Crippen LogP contribution in [0.4, 0.5) is 5.82 Å². The van der Waals surface area contributed by atoms with Gasteiger partial charge in [-0.15, -0.1) is 0 Å². The Morgan fingerprint density at radius 3 is 3.00 bits per heavy atom. The Morgan fingerprint density at radius 1 is 1.57 bits per heavy atom. The quantitative estimate of drug-likeness (QED) is 0.802. The lowest BCUT2D eigenvalue weighted by molar-refractivity contribution is -0.119. The van der Waals surface area contributed by atoms with E-state index in [-0.39, 0.29) is 12.5 Å². The third-order valence-corrected chi connectivity index (χ3v) is 1.96. The van der Waals surface area contributed by atoms with E-state index in [4.69, 9.17) is 0 Å². The average molecular weight is 258 g/mol. The number of hydrogen-bond donors (Lipinski definition) is 2. The van der Waals surface area contributed by atoms with Gasteiger partial charge in [-0.25, -0.2) is 4.98 Å². The highest BCUT2D eigenvalue weighted by Crippen LogP contribution is 2.09. The molecule has 1 aromatic heterocycles. The lowest BCUT2D eigenvalue weighted by atomic mass is 10.4. The van der Waals surface area contributed by atoms with Gasteiger partial charge in [0.15, 0.2) is 0 Å². The standard InChI is InChI=1S/C9H12BrN3O/c1-2-11-9(14)6-12-8-5-3-4-7(10)13-8/h3-5H,2,6H2,1H3,(H,11,14)(H,12,13). The lowest BCUT2D eigenvalue weighted by Crippen LogP contribution is -2.29. The first-order valence-corrected chi connectivity index (χ1v) is 5.15.